The molecule has 0 aliphatic heterocycles. The molecule has 0 radical (unpaired) electrons. The van der Waals surface area contributed by atoms with Gasteiger partial charge in [-0.15, -0.1) is 0 Å². The van der Waals surface area contributed by atoms with Gasteiger partial charge >= 0.3 is 0 Å². The van der Waals surface area contributed by atoms with Gasteiger partial charge in [0.1, 0.15) is 0 Å². The molecule has 1 aromatic rings. The van der Waals surface area contributed by atoms with Crippen molar-refractivity contribution in [2.75, 3.05) is 13.7 Å². The molecule has 0 saturated heterocycles. The first-order valence-electron chi connectivity index (χ1n) is 7.95. The molecule has 2 rings (SSSR count). The minimum atomic E-state index is -0.307. The topological polar surface area (TPSA) is 59.9 Å². The first kappa shape index (κ1) is 17.8. The zero-order chi connectivity index (χ0) is 17.5. The molecule has 5 heteroatoms. The Morgan fingerprint density at radius 1 is 1.38 bits per heavy atom. The van der Waals surface area contributed by atoms with Crippen LogP contribution in [0.1, 0.15) is 26.7 Å². The number of hydrazone groups is 1. The van der Waals surface area contributed by atoms with Gasteiger partial charge in [0.2, 0.25) is 0 Å². The standard InChI is InChI=1S/C19H24N2O3/c1-13(2)15-10-9-14(3)16(11-15)20-21-19(22)12-24-18-8-6-5-7-17(18)23-4/h5-9,15H,1,10-12H2,2-4H3,(H,21,22)/b20-16-/t15-/m1/s1. The van der Waals surface area contributed by atoms with Crippen LogP contribution < -0.4 is 14.9 Å². The van der Waals surface area contributed by atoms with E-state index in [2.05, 4.69) is 23.2 Å². The normalized spacial score (nSPS) is 18.7. The monoisotopic (exact) mass is 328 g/mol. The minimum absolute atomic E-state index is 0.121. The Kier molecular flexibility index (Phi) is 6.18. The second-order valence-electron chi connectivity index (χ2n) is 5.90. The quantitative estimate of drug-likeness (QED) is 0.642. The van der Waals surface area contributed by atoms with Gasteiger partial charge in [0.15, 0.2) is 18.1 Å². The summed E-state index contributed by atoms with van der Waals surface area (Å²) in [6.45, 7) is 7.92. The lowest BCUT2D eigenvalue weighted by Gasteiger charge is -2.22. The molecule has 24 heavy (non-hydrogen) atoms. The van der Waals surface area contributed by atoms with Gasteiger partial charge < -0.3 is 9.47 Å². The van der Waals surface area contributed by atoms with Gasteiger partial charge in [0.25, 0.3) is 5.91 Å². The van der Waals surface area contributed by atoms with Crippen LogP contribution in [0, 0.1) is 5.92 Å². The number of nitrogens with one attached hydrogen (secondary N) is 1. The number of benzene rings is 1. The van der Waals surface area contributed by atoms with E-state index >= 15 is 0 Å². The molecule has 0 fully saturated rings. The summed E-state index contributed by atoms with van der Waals surface area (Å²) in [5.41, 5.74) is 5.68. The first-order valence-corrected chi connectivity index (χ1v) is 7.95. The van der Waals surface area contributed by atoms with Crippen molar-refractivity contribution in [1.82, 2.24) is 5.43 Å². The van der Waals surface area contributed by atoms with Gasteiger partial charge in [-0.1, -0.05) is 30.4 Å². The number of hydrogen-bond acceptors (Lipinski definition) is 4. The summed E-state index contributed by atoms with van der Waals surface area (Å²) in [5.74, 6) is 1.19. The van der Waals surface area contributed by atoms with Gasteiger partial charge in [-0.2, -0.15) is 5.10 Å². The molecule has 0 heterocycles. The first-order chi connectivity index (χ1) is 11.5. The number of carbonyl (C=O) groups excluding carboxylic acids is 1. The van der Waals surface area contributed by atoms with Crippen LogP contribution in [-0.4, -0.2) is 25.3 Å². The molecular weight excluding hydrogens is 304 g/mol. The summed E-state index contributed by atoms with van der Waals surface area (Å²) in [6.07, 6.45) is 3.91. The molecule has 1 atom stereocenters. The Hall–Kier alpha value is -2.56. The Bertz CT molecular complexity index is 677. The maximum Gasteiger partial charge on any atom is 0.277 e. The zero-order valence-corrected chi connectivity index (χ0v) is 14.5. The number of nitrogens with zero attached hydrogens (tertiary/aromatic N) is 1. The van der Waals surface area contributed by atoms with E-state index in [4.69, 9.17) is 9.47 Å². The third kappa shape index (κ3) is 4.72. The van der Waals surface area contributed by atoms with Crippen molar-refractivity contribution in [1.29, 1.82) is 0 Å². The average Bonchev–Trinajstić information content (AvgIpc) is 2.59. The van der Waals surface area contributed by atoms with Gasteiger partial charge in [0.05, 0.1) is 12.8 Å². The van der Waals surface area contributed by atoms with E-state index in [1.54, 1.807) is 19.2 Å². The molecule has 5 nitrogen and oxygen atoms in total. The molecule has 0 bridgehead atoms. The number of rotatable bonds is 6. The molecule has 1 amide bonds. The van der Waals surface area contributed by atoms with E-state index in [1.165, 1.54) is 0 Å². The molecule has 0 aromatic heterocycles. The van der Waals surface area contributed by atoms with Crippen molar-refractivity contribution in [3.8, 4) is 11.5 Å². The van der Waals surface area contributed by atoms with Crippen molar-refractivity contribution in [3.05, 3.63) is 48.1 Å². The number of ether oxygens (including phenoxy) is 2. The van der Waals surface area contributed by atoms with Crippen molar-refractivity contribution in [2.24, 2.45) is 11.0 Å². The highest BCUT2D eigenvalue weighted by atomic mass is 16.5. The highest BCUT2D eigenvalue weighted by Crippen LogP contribution is 2.27. The summed E-state index contributed by atoms with van der Waals surface area (Å²) in [6, 6.07) is 7.20. The second kappa shape index (κ2) is 8.34. The van der Waals surface area contributed by atoms with E-state index in [0.717, 1.165) is 29.7 Å². The molecule has 1 aliphatic rings. The summed E-state index contributed by atoms with van der Waals surface area (Å²) < 4.78 is 10.7. The molecule has 128 valence electrons. The van der Waals surface area contributed by atoms with Gasteiger partial charge in [-0.25, -0.2) is 5.43 Å². The number of methoxy groups -OCH3 is 1. The number of allylic oxidation sites excluding steroid dienone is 3. The molecule has 0 spiro atoms. The number of hydrogen-bond donors (Lipinski definition) is 1. The third-order valence-corrected chi connectivity index (χ3v) is 4.04. The Morgan fingerprint density at radius 3 is 2.75 bits per heavy atom. The lowest BCUT2D eigenvalue weighted by atomic mass is 9.85. The lowest BCUT2D eigenvalue weighted by molar-refractivity contribution is -0.123. The minimum Gasteiger partial charge on any atom is -0.493 e. The van der Waals surface area contributed by atoms with Crippen LogP contribution in [0.4, 0.5) is 0 Å². The molecule has 0 saturated carbocycles. The third-order valence-electron chi connectivity index (χ3n) is 4.04. The zero-order valence-electron chi connectivity index (χ0n) is 14.5. The Morgan fingerprint density at radius 2 is 2.08 bits per heavy atom. The fourth-order valence-electron chi connectivity index (χ4n) is 2.47. The van der Waals surface area contributed by atoms with Crippen LogP contribution in [0.5, 0.6) is 11.5 Å². The molecular formula is C19H24N2O3. The van der Waals surface area contributed by atoms with Crippen LogP contribution in [0.25, 0.3) is 0 Å². The largest absolute Gasteiger partial charge is 0.493 e. The van der Waals surface area contributed by atoms with E-state index < -0.39 is 0 Å². The van der Waals surface area contributed by atoms with Crippen molar-refractivity contribution >= 4 is 11.6 Å². The van der Waals surface area contributed by atoms with Crippen LogP contribution in [-0.2, 0) is 4.79 Å². The fourth-order valence-corrected chi connectivity index (χ4v) is 2.47. The molecule has 1 aliphatic carbocycles. The van der Waals surface area contributed by atoms with Gasteiger partial charge in [-0.3, -0.25) is 4.79 Å². The van der Waals surface area contributed by atoms with Crippen LogP contribution in [0.2, 0.25) is 0 Å². The van der Waals surface area contributed by atoms with E-state index in [1.807, 2.05) is 26.0 Å². The molecule has 0 unspecified atom stereocenters. The van der Waals surface area contributed by atoms with E-state index in [0.29, 0.717) is 17.4 Å². The van der Waals surface area contributed by atoms with Crippen molar-refractivity contribution in [2.45, 2.75) is 26.7 Å². The van der Waals surface area contributed by atoms with Crippen LogP contribution in [0.15, 0.2) is 53.2 Å². The van der Waals surface area contributed by atoms with Crippen LogP contribution >= 0.6 is 0 Å². The number of carbonyl (C=O) groups is 1. The predicted molar refractivity (Wildman–Crippen MR) is 95.4 cm³/mol. The van der Waals surface area contributed by atoms with E-state index in [9.17, 15) is 4.79 Å². The fraction of sp³-hybridized carbons (Fsp3) is 0.368. The maximum atomic E-state index is 12.0. The second-order valence-corrected chi connectivity index (χ2v) is 5.90. The van der Waals surface area contributed by atoms with Gasteiger partial charge in [-0.05, 0) is 50.3 Å². The predicted octanol–water partition coefficient (Wildman–Crippen LogP) is 3.48. The Labute approximate surface area is 143 Å². The molecule has 1 aromatic carbocycles. The summed E-state index contributed by atoms with van der Waals surface area (Å²) in [7, 11) is 1.56. The average molecular weight is 328 g/mol. The van der Waals surface area contributed by atoms with Crippen LogP contribution in [0.3, 0.4) is 0 Å². The van der Waals surface area contributed by atoms with Crippen molar-refractivity contribution in [3.63, 3.8) is 0 Å². The summed E-state index contributed by atoms with van der Waals surface area (Å²) in [5, 5.41) is 4.25. The lowest BCUT2D eigenvalue weighted by Crippen LogP contribution is -2.27. The number of para-hydroxylation sites is 2. The summed E-state index contributed by atoms with van der Waals surface area (Å²) >= 11 is 0. The maximum absolute atomic E-state index is 12.0. The highest BCUT2D eigenvalue weighted by Gasteiger charge is 2.18. The summed E-state index contributed by atoms with van der Waals surface area (Å²) in [4.78, 5) is 12.0. The molecule has 1 N–H and O–H groups in total. The smallest absolute Gasteiger partial charge is 0.277 e. The van der Waals surface area contributed by atoms with Crippen molar-refractivity contribution < 1.29 is 14.3 Å². The highest BCUT2D eigenvalue weighted by molar-refractivity contribution is 6.01. The Balaban J connectivity index is 1.91. The van der Waals surface area contributed by atoms with Gasteiger partial charge in [0, 0.05) is 0 Å². The SMILES string of the molecule is C=C(C)[C@@H]1CC=C(C)/C(=N\NC(=O)COc2ccccc2OC)C1. The number of amides is 1. The van der Waals surface area contributed by atoms with E-state index in [-0.39, 0.29) is 12.5 Å².